The number of thioether (sulfide) groups is 2. The van der Waals surface area contributed by atoms with Crippen LogP contribution in [0.2, 0.25) is 0 Å². The maximum Gasteiger partial charge on any atom is 0.407 e. The predicted octanol–water partition coefficient (Wildman–Crippen LogP) is 4.91. The van der Waals surface area contributed by atoms with Gasteiger partial charge in [0.05, 0.1) is 10.1 Å². The molecule has 6 rings (SSSR count). The lowest BCUT2D eigenvalue weighted by Crippen LogP contribution is -2.57. The third kappa shape index (κ3) is 3.15. The van der Waals surface area contributed by atoms with Gasteiger partial charge in [0.2, 0.25) is 0 Å². The number of ether oxygens (including phenoxy) is 1. The van der Waals surface area contributed by atoms with Crippen LogP contribution in [-0.2, 0) is 11.3 Å². The quantitative estimate of drug-likeness (QED) is 0.797. The summed E-state index contributed by atoms with van der Waals surface area (Å²) in [6.07, 6.45) is 7.08. The van der Waals surface area contributed by atoms with Gasteiger partial charge in [-0.2, -0.15) is 0 Å². The molecule has 5 fully saturated rings. The molecule has 1 heterocycles. The van der Waals surface area contributed by atoms with Gasteiger partial charge in [-0.3, -0.25) is 0 Å². The lowest BCUT2D eigenvalue weighted by atomic mass is 9.56. The smallest absolute Gasteiger partial charge is 0.407 e. The summed E-state index contributed by atoms with van der Waals surface area (Å²) < 4.78 is 5.85. The normalized spacial score (nSPS) is 40.5. The van der Waals surface area contributed by atoms with E-state index in [4.69, 9.17) is 4.74 Å². The zero-order valence-corrected chi connectivity index (χ0v) is 16.7. The molecule has 140 valence electrons. The summed E-state index contributed by atoms with van der Waals surface area (Å²) in [5.74, 6) is 5.95. The highest BCUT2D eigenvalue weighted by atomic mass is 32.2. The van der Waals surface area contributed by atoms with Gasteiger partial charge in [-0.1, -0.05) is 30.3 Å². The van der Waals surface area contributed by atoms with Crippen molar-refractivity contribution < 1.29 is 9.53 Å². The van der Waals surface area contributed by atoms with Crippen LogP contribution in [0.3, 0.4) is 0 Å². The zero-order chi connectivity index (χ0) is 17.6. The fourth-order valence-electron chi connectivity index (χ4n) is 5.88. The molecule has 1 amide bonds. The van der Waals surface area contributed by atoms with Crippen molar-refractivity contribution in [1.29, 1.82) is 0 Å². The lowest BCUT2D eigenvalue weighted by Gasteiger charge is -2.62. The van der Waals surface area contributed by atoms with E-state index in [0.717, 1.165) is 40.7 Å². The molecule has 4 aliphatic carbocycles. The lowest BCUT2D eigenvalue weighted by molar-refractivity contribution is 0.0150. The average Bonchev–Trinajstić information content (AvgIpc) is 2.66. The van der Waals surface area contributed by atoms with Crippen LogP contribution in [0.4, 0.5) is 4.79 Å². The van der Waals surface area contributed by atoms with Gasteiger partial charge in [-0.25, -0.2) is 4.79 Å². The van der Waals surface area contributed by atoms with E-state index in [0.29, 0.717) is 10.7 Å². The number of amides is 1. The molecule has 0 unspecified atom stereocenters. The van der Waals surface area contributed by atoms with Crippen LogP contribution in [-0.4, -0.2) is 27.7 Å². The Kier molecular flexibility index (Phi) is 4.64. The Hall–Kier alpha value is -0.810. The Bertz CT molecular complexity index is 627. The maximum absolute atomic E-state index is 12.1. The van der Waals surface area contributed by atoms with Crippen molar-refractivity contribution in [3.63, 3.8) is 0 Å². The van der Waals surface area contributed by atoms with Crippen LogP contribution in [0.25, 0.3) is 0 Å². The fourth-order valence-corrected chi connectivity index (χ4v) is 9.81. The minimum Gasteiger partial charge on any atom is -0.445 e. The average molecular weight is 390 g/mol. The molecule has 3 nitrogen and oxygen atoms in total. The molecule has 0 atom stereocenters. The molecule has 1 aromatic carbocycles. The van der Waals surface area contributed by atoms with Crippen molar-refractivity contribution in [3.05, 3.63) is 35.9 Å². The van der Waals surface area contributed by atoms with Crippen molar-refractivity contribution >= 4 is 29.6 Å². The summed E-state index contributed by atoms with van der Waals surface area (Å²) in [6.45, 7) is 0.344. The van der Waals surface area contributed by atoms with E-state index in [1.807, 2.05) is 30.3 Å². The van der Waals surface area contributed by atoms with Crippen molar-refractivity contribution in [2.75, 3.05) is 11.5 Å². The van der Waals surface area contributed by atoms with Crippen molar-refractivity contribution in [2.45, 2.75) is 48.8 Å². The van der Waals surface area contributed by atoms with Gasteiger partial charge in [-0.05, 0) is 61.3 Å². The second kappa shape index (κ2) is 6.97. The van der Waals surface area contributed by atoms with E-state index in [9.17, 15) is 4.79 Å². The first-order chi connectivity index (χ1) is 12.7. The summed E-state index contributed by atoms with van der Waals surface area (Å²) in [5, 5.41) is 3.09. The number of hydrogen-bond donors (Lipinski definition) is 1. The van der Waals surface area contributed by atoms with Gasteiger partial charge in [0.1, 0.15) is 6.61 Å². The third-order valence-corrected chi connectivity index (χ3v) is 10.9. The molecular weight excluding hydrogens is 362 g/mol. The van der Waals surface area contributed by atoms with E-state index in [1.54, 1.807) is 0 Å². The summed E-state index contributed by atoms with van der Waals surface area (Å²) >= 11 is 4.32. The van der Waals surface area contributed by atoms with Gasteiger partial charge in [0.15, 0.2) is 0 Å². The number of carbonyl (C=O) groups is 1. The molecule has 1 aromatic rings. The molecular formula is C21H27NO2S2. The number of benzene rings is 1. The van der Waals surface area contributed by atoms with E-state index < -0.39 is 0 Å². The Labute approximate surface area is 164 Å². The number of carbonyl (C=O) groups excluding carboxylic acids is 1. The first-order valence-electron chi connectivity index (χ1n) is 9.96. The number of alkyl carbamates (subject to hydrolysis) is 1. The standard InChI is InChI=1S/C21H27NO2S2/c23-20(24-11-14-4-2-1-3-5-14)22-19-12-25-21(26-13-19)17-7-15-6-16(9-17)10-18(21)8-15/h1-5,15-19H,6-13H2,(H,22,23). The molecule has 26 heavy (non-hydrogen) atoms. The van der Waals surface area contributed by atoms with Gasteiger partial charge < -0.3 is 10.1 Å². The van der Waals surface area contributed by atoms with E-state index in [2.05, 4.69) is 28.8 Å². The molecule has 1 spiro atoms. The van der Waals surface area contributed by atoms with Crippen LogP contribution in [0.1, 0.15) is 37.7 Å². The van der Waals surface area contributed by atoms with Crippen LogP contribution >= 0.6 is 23.5 Å². The second-order valence-electron chi connectivity index (χ2n) is 8.55. The van der Waals surface area contributed by atoms with Crippen LogP contribution in [0.15, 0.2) is 30.3 Å². The first-order valence-corrected chi connectivity index (χ1v) is 11.9. The number of hydrogen-bond acceptors (Lipinski definition) is 4. The SMILES string of the molecule is O=C(NC1CSC2(SC1)C1CC3CC(C1)CC2C3)OCc1ccccc1. The molecule has 5 aliphatic rings. The minimum absolute atomic E-state index is 0.232. The highest BCUT2D eigenvalue weighted by molar-refractivity contribution is 8.18. The van der Waals surface area contributed by atoms with Crippen LogP contribution in [0, 0.1) is 23.7 Å². The molecule has 4 saturated carbocycles. The van der Waals surface area contributed by atoms with Crippen LogP contribution in [0.5, 0.6) is 0 Å². The Morgan fingerprint density at radius 2 is 1.62 bits per heavy atom. The number of rotatable bonds is 3. The van der Waals surface area contributed by atoms with Crippen molar-refractivity contribution in [1.82, 2.24) is 5.32 Å². The van der Waals surface area contributed by atoms with E-state index in [-0.39, 0.29) is 12.1 Å². The monoisotopic (exact) mass is 389 g/mol. The highest BCUT2D eigenvalue weighted by Gasteiger charge is 2.58. The van der Waals surface area contributed by atoms with E-state index >= 15 is 0 Å². The molecule has 5 heteroatoms. The van der Waals surface area contributed by atoms with Crippen molar-refractivity contribution in [2.24, 2.45) is 23.7 Å². The first kappa shape index (κ1) is 17.3. The summed E-state index contributed by atoms with van der Waals surface area (Å²) in [4.78, 5) is 12.1. The van der Waals surface area contributed by atoms with Gasteiger partial charge in [0, 0.05) is 11.5 Å². The maximum atomic E-state index is 12.1. The fraction of sp³-hybridized carbons (Fsp3) is 0.667. The third-order valence-electron chi connectivity index (χ3n) is 6.83. The number of nitrogens with one attached hydrogen (secondary N) is 1. The van der Waals surface area contributed by atoms with Gasteiger partial charge in [0.25, 0.3) is 0 Å². The predicted molar refractivity (Wildman–Crippen MR) is 108 cm³/mol. The Morgan fingerprint density at radius 1 is 1.00 bits per heavy atom. The highest BCUT2D eigenvalue weighted by Crippen LogP contribution is 2.67. The topological polar surface area (TPSA) is 38.3 Å². The molecule has 1 aliphatic heterocycles. The van der Waals surface area contributed by atoms with Crippen molar-refractivity contribution in [3.8, 4) is 0 Å². The summed E-state index contributed by atoms with van der Waals surface area (Å²) in [7, 11) is 0. The summed E-state index contributed by atoms with van der Waals surface area (Å²) in [5.41, 5.74) is 1.03. The molecule has 4 bridgehead atoms. The largest absolute Gasteiger partial charge is 0.445 e. The summed E-state index contributed by atoms with van der Waals surface area (Å²) in [6, 6.07) is 10.1. The molecule has 1 N–H and O–H groups in total. The van der Waals surface area contributed by atoms with Gasteiger partial charge >= 0.3 is 6.09 Å². The molecule has 0 aromatic heterocycles. The molecule has 1 saturated heterocycles. The zero-order valence-electron chi connectivity index (χ0n) is 15.1. The van der Waals surface area contributed by atoms with Gasteiger partial charge in [-0.15, -0.1) is 23.5 Å². The Balaban J connectivity index is 1.13. The Morgan fingerprint density at radius 3 is 2.23 bits per heavy atom. The second-order valence-corrected chi connectivity index (χ2v) is 11.4. The minimum atomic E-state index is -0.277. The van der Waals surface area contributed by atoms with Crippen LogP contribution < -0.4 is 5.32 Å². The van der Waals surface area contributed by atoms with E-state index in [1.165, 1.54) is 32.1 Å². The molecule has 0 radical (unpaired) electrons.